The molecule has 0 radical (unpaired) electrons. The van der Waals surface area contributed by atoms with Crippen LogP contribution in [0.5, 0.6) is 0 Å². The summed E-state index contributed by atoms with van der Waals surface area (Å²) in [7, 11) is 0. The molecule has 0 amide bonds. The van der Waals surface area contributed by atoms with Gasteiger partial charge < -0.3 is 0 Å². The Balaban J connectivity index is 3.12. The molecule has 0 aromatic carbocycles. The molecule has 0 aliphatic carbocycles. The van der Waals surface area contributed by atoms with Crippen molar-refractivity contribution in [3.63, 3.8) is 0 Å². The van der Waals surface area contributed by atoms with E-state index in [1.54, 1.807) is 0 Å². The Bertz CT molecular complexity index is 170. The fraction of sp³-hybridized carbons (Fsp3) is 0.733. The van der Waals surface area contributed by atoms with Crippen molar-refractivity contribution < 1.29 is 0 Å². The second-order valence-corrected chi connectivity index (χ2v) is 4.62. The molecule has 0 aromatic rings. The van der Waals surface area contributed by atoms with E-state index in [1.165, 1.54) is 57.8 Å². The summed E-state index contributed by atoms with van der Waals surface area (Å²) in [5, 5.41) is 0. The lowest BCUT2D eigenvalue weighted by molar-refractivity contribution is 0.639. The Kier molecular flexibility index (Phi) is 14.6. The summed E-state index contributed by atoms with van der Waals surface area (Å²) in [5.41, 5.74) is 0. The topological polar surface area (TPSA) is 0 Å². The molecular weight excluding hydrogens is 216 g/mol. The molecule has 0 atom stereocenters. The Morgan fingerprint density at radius 2 is 1.31 bits per heavy atom. The number of unbranched alkanes of at least 4 members (excludes halogenated alkanes) is 7. The second kappa shape index (κ2) is 14.8. The number of hydrogen-bond acceptors (Lipinski definition) is 0. The molecule has 0 aliphatic rings. The Hall–Kier alpha value is -0.230. The molecule has 0 unspecified atom stereocenters. The number of allylic oxidation sites excluding steroid dienone is 4. The summed E-state index contributed by atoms with van der Waals surface area (Å²) in [4.78, 5) is 0. The van der Waals surface area contributed by atoms with Crippen LogP contribution in [0.4, 0.5) is 0 Å². The van der Waals surface area contributed by atoms with Gasteiger partial charge in [-0.3, -0.25) is 0 Å². The standard InChI is InChI=1S/C15H27Cl/c1-2-3-4-5-6-7-8-9-10-11-12-13-14-15-16/h5-8H,2-4,9-15H2,1H3/b6-5-,8-7-. The number of alkyl halides is 1. The van der Waals surface area contributed by atoms with Crippen LogP contribution < -0.4 is 0 Å². The predicted octanol–water partition coefficient (Wildman–Crippen LogP) is 5.87. The van der Waals surface area contributed by atoms with Crippen LogP contribution in [0.25, 0.3) is 0 Å². The maximum absolute atomic E-state index is 5.62. The minimum atomic E-state index is 0.822. The zero-order chi connectivity index (χ0) is 11.9. The van der Waals surface area contributed by atoms with Gasteiger partial charge in [-0.2, -0.15) is 0 Å². The normalized spacial score (nSPS) is 11.9. The van der Waals surface area contributed by atoms with Gasteiger partial charge in [0, 0.05) is 5.88 Å². The molecule has 0 nitrogen and oxygen atoms in total. The Labute approximate surface area is 107 Å². The Morgan fingerprint density at radius 3 is 1.94 bits per heavy atom. The molecule has 0 heterocycles. The van der Waals surface area contributed by atoms with Crippen molar-refractivity contribution in [1.82, 2.24) is 0 Å². The van der Waals surface area contributed by atoms with Crippen molar-refractivity contribution in [2.75, 3.05) is 5.88 Å². The van der Waals surface area contributed by atoms with Crippen LogP contribution in [-0.4, -0.2) is 5.88 Å². The van der Waals surface area contributed by atoms with Crippen LogP contribution in [-0.2, 0) is 0 Å². The number of hydrogen-bond donors (Lipinski definition) is 0. The largest absolute Gasteiger partial charge is 0.127 e. The fourth-order valence-electron chi connectivity index (χ4n) is 1.56. The van der Waals surface area contributed by atoms with Crippen LogP contribution in [0, 0.1) is 0 Å². The van der Waals surface area contributed by atoms with Gasteiger partial charge in [-0.15, -0.1) is 11.6 Å². The van der Waals surface area contributed by atoms with Crippen molar-refractivity contribution in [3.8, 4) is 0 Å². The lowest BCUT2D eigenvalue weighted by Crippen LogP contribution is -1.79. The first kappa shape index (κ1) is 15.8. The van der Waals surface area contributed by atoms with E-state index >= 15 is 0 Å². The first-order valence-electron chi connectivity index (χ1n) is 6.79. The summed E-state index contributed by atoms with van der Waals surface area (Å²) in [6.45, 7) is 2.23. The van der Waals surface area contributed by atoms with Crippen LogP contribution in [0.3, 0.4) is 0 Å². The summed E-state index contributed by atoms with van der Waals surface area (Å²) in [6, 6.07) is 0. The van der Waals surface area contributed by atoms with Crippen LogP contribution >= 0.6 is 11.6 Å². The quantitative estimate of drug-likeness (QED) is 0.242. The van der Waals surface area contributed by atoms with E-state index in [0.29, 0.717) is 0 Å². The van der Waals surface area contributed by atoms with Gasteiger partial charge in [0.1, 0.15) is 0 Å². The molecular formula is C15H27Cl. The van der Waals surface area contributed by atoms with Crippen LogP contribution in [0.1, 0.15) is 64.7 Å². The minimum absolute atomic E-state index is 0.822. The molecule has 0 N–H and O–H groups in total. The molecule has 0 aliphatic heterocycles. The highest BCUT2D eigenvalue weighted by molar-refractivity contribution is 6.17. The SMILES string of the molecule is CCCC/C=C\C=C/CCCCCCCCl. The molecule has 0 rings (SSSR count). The summed E-state index contributed by atoms with van der Waals surface area (Å²) < 4.78 is 0. The third-order valence-electron chi connectivity index (χ3n) is 2.61. The van der Waals surface area contributed by atoms with E-state index in [9.17, 15) is 0 Å². The van der Waals surface area contributed by atoms with Crippen molar-refractivity contribution in [1.29, 1.82) is 0 Å². The molecule has 0 saturated heterocycles. The highest BCUT2D eigenvalue weighted by Gasteiger charge is 1.87. The molecule has 0 aromatic heterocycles. The fourth-order valence-corrected chi connectivity index (χ4v) is 1.75. The van der Waals surface area contributed by atoms with E-state index in [-0.39, 0.29) is 0 Å². The van der Waals surface area contributed by atoms with Gasteiger partial charge >= 0.3 is 0 Å². The van der Waals surface area contributed by atoms with E-state index < -0.39 is 0 Å². The molecule has 16 heavy (non-hydrogen) atoms. The molecule has 1 heteroatoms. The monoisotopic (exact) mass is 242 g/mol. The lowest BCUT2D eigenvalue weighted by Gasteiger charge is -1.96. The summed E-state index contributed by atoms with van der Waals surface area (Å²) in [6.07, 6.45) is 20.4. The minimum Gasteiger partial charge on any atom is -0.127 e. The summed E-state index contributed by atoms with van der Waals surface area (Å²) in [5.74, 6) is 0.822. The molecule has 0 spiro atoms. The van der Waals surface area contributed by atoms with E-state index in [2.05, 4.69) is 31.2 Å². The van der Waals surface area contributed by atoms with E-state index in [0.717, 1.165) is 5.88 Å². The maximum Gasteiger partial charge on any atom is 0.0223 e. The van der Waals surface area contributed by atoms with Crippen molar-refractivity contribution in [2.24, 2.45) is 0 Å². The molecule has 94 valence electrons. The van der Waals surface area contributed by atoms with Gasteiger partial charge in [0.05, 0.1) is 0 Å². The summed E-state index contributed by atoms with van der Waals surface area (Å²) >= 11 is 5.62. The smallest absolute Gasteiger partial charge is 0.0223 e. The van der Waals surface area contributed by atoms with Gasteiger partial charge in [0.25, 0.3) is 0 Å². The highest BCUT2D eigenvalue weighted by atomic mass is 35.5. The zero-order valence-electron chi connectivity index (χ0n) is 10.8. The highest BCUT2D eigenvalue weighted by Crippen LogP contribution is 2.06. The van der Waals surface area contributed by atoms with Gasteiger partial charge in [0.2, 0.25) is 0 Å². The zero-order valence-corrected chi connectivity index (χ0v) is 11.5. The van der Waals surface area contributed by atoms with Crippen molar-refractivity contribution in [2.45, 2.75) is 64.7 Å². The molecule has 0 saturated carbocycles. The lowest BCUT2D eigenvalue weighted by atomic mass is 10.1. The van der Waals surface area contributed by atoms with Gasteiger partial charge in [-0.05, 0) is 25.7 Å². The second-order valence-electron chi connectivity index (χ2n) is 4.24. The van der Waals surface area contributed by atoms with Crippen LogP contribution in [0.2, 0.25) is 0 Å². The van der Waals surface area contributed by atoms with Gasteiger partial charge in [-0.1, -0.05) is 63.3 Å². The van der Waals surface area contributed by atoms with Crippen molar-refractivity contribution in [3.05, 3.63) is 24.3 Å². The molecule has 0 bridgehead atoms. The van der Waals surface area contributed by atoms with E-state index in [4.69, 9.17) is 11.6 Å². The first-order valence-corrected chi connectivity index (χ1v) is 7.33. The third-order valence-corrected chi connectivity index (χ3v) is 2.88. The Morgan fingerprint density at radius 1 is 0.750 bits per heavy atom. The predicted molar refractivity (Wildman–Crippen MR) is 76.2 cm³/mol. The average Bonchev–Trinajstić information content (AvgIpc) is 2.31. The van der Waals surface area contributed by atoms with Gasteiger partial charge in [-0.25, -0.2) is 0 Å². The first-order chi connectivity index (χ1) is 7.91. The van der Waals surface area contributed by atoms with Gasteiger partial charge in [0.15, 0.2) is 0 Å². The van der Waals surface area contributed by atoms with Crippen LogP contribution in [0.15, 0.2) is 24.3 Å². The van der Waals surface area contributed by atoms with Crippen molar-refractivity contribution >= 4 is 11.6 Å². The maximum atomic E-state index is 5.62. The number of halogens is 1. The molecule has 0 fully saturated rings. The van der Waals surface area contributed by atoms with E-state index in [1.807, 2.05) is 0 Å². The average molecular weight is 243 g/mol. The third kappa shape index (κ3) is 13.8. The number of rotatable bonds is 11.